The second-order valence-electron chi connectivity index (χ2n) is 6.28. The molecule has 146 valence electrons. The molecule has 0 atom stereocenters. The highest BCUT2D eigenvalue weighted by Crippen LogP contribution is 2.33. The molecule has 27 heavy (non-hydrogen) atoms. The first-order valence-electron chi connectivity index (χ1n) is 8.56. The Bertz CT molecular complexity index is 926. The average molecular weight is 430 g/mol. The first-order chi connectivity index (χ1) is 12.9. The van der Waals surface area contributed by atoms with Gasteiger partial charge in [-0.1, -0.05) is 29.9 Å². The van der Waals surface area contributed by atoms with E-state index in [1.54, 1.807) is 13.0 Å². The number of anilines is 2. The minimum absolute atomic E-state index is 0.0402. The molecule has 0 aliphatic heterocycles. The predicted octanol–water partition coefficient (Wildman–Crippen LogP) is 4.41. The van der Waals surface area contributed by atoms with E-state index >= 15 is 0 Å². The monoisotopic (exact) mass is 429 g/mol. The third-order valence-electron chi connectivity index (χ3n) is 3.90. The third-order valence-corrected chi connectivity index (χ3v) is 6.85. The fourth-order valence-electron chi connectivity index (χ4n) is 2.37. The van der Waals surface area contributed by atoms with Crippen LogP contribution in [-0.2, 0) is 9.84 Å². The van der Waals surface area contributed by atoms with Crippen LogP contribution < -0.4 is 15.4 Å². The van der Waals surface area contributed by atoms with Crippen molar-refractivity contribution in [1.82, 2.24) is 4.98 Å². The Labute approximate surface area is 167 Å². The van der Waals surface area contributed by atoms with Gasteiger partial charge in [0.15, 0.2) is 15.0 Å². The van der Waals surface area contributed by atoms with Crippen LogP contribution >= 0.6 is 22.9 Å². The van der Waals surface area contributed by atoms with Crippen LogP contribution in [0.3, 0.4) is 0 Å². The lowest BCUT2D eigenvalue weighted by Crippen LogP contribution is -2.20. The summed E-state index contributed by atoms with van der Waals surface area (Å²) in [4.78, 5) is 16.4. The number of hydrogen-bond acceptors (Lipinski definition) is 6. The van der Waals surface area contributed by atoms with E-state index in [0.717, 1.165) is 24.2 Å². The first-order valence-corrected chi connectivity index (χ1v) is 11.4. The number of nitrogens with zero attached hydrogens (tertiary/aromatic N) is 1. The van der Waals surface area contributed by atoms with Gasteiger partial charge in [-0.2, -0.15) is 0 Å². The van der Waals surface area contributed by atoms with Gasteiger partial charge in [-0.3, -0.25) is 5.32 Å². The van der Waals surface area contributed by atoms with Crippen molar-refractivity contribution in [2.75, 3.05) is 23.0 Å². The molecular weight excluding hydrogens is 410 g/mol. The lowest BCUT2D eigenvalue weighted by molar-refractivity contribution is 0.261. The van der Waals surface area contributed by atoms with Gasteiger partial charge in [0.1, 0.15) is 10.1 Å². The summed E-state index contributed by atoms with van der Waals surface area (Å²) >= 11 is 6.93. The van der Waals surface area contributed by atoms with Gasteiger partial charge in [-0.15, -0.1) is 0 Å². The molecular formula is C17H20ClN3O4S2. The minimum atomic E-state index is -3.41. The lowest BCUT2D eigenvalue weighted by atomic mass is 10.3. The maximum Gasteiger partial charge on any atom is 0.325 e. The van der Waals surface area contributed by atoms with E-state index in [1.807, 2.05) is 0 Å². The molecule has 7 nitrogen and oxygen atoms in total. The molecule has 0 saturated heterocycles. The number of aromatic nitrogens is 1. The number of benzene rings is 1. The SMILES string of the molecule is CCCS(=O)(=O)c1ccc(OCC2CC2)c(NC(=O)Nc2ncc(Cl)s2)c1. The number of ether oxygens (including phenoxy) is 1. The Morgan fingerprint density at radius 3 is 2.78 bits per heavy atom. The van der Waals surface area contributed by atoms with Gasteiger partial charge in [-0.25, -0.2) is 18.2 Å². The van der Waals surface area contributed by atoms with Crippen molar-refractivity contribution in [1.29, 1.82) is 0 Å². The van der Waals surface area contributed by atoms with Crippen molar-refractivity contribution in [2.45, 2.75) is 31.1 Å². The van der Waals surface area contributed by atoms with Crippen molar-refractivity contribution in [3.8, 4) is 5.75 Å². The number of carbonyl (C=O) groups excluding carboxylic acids is 1. The van der Waals surface area contributed by atoms with Crippen LogP contribution in [-0.4, -0.2) is 31.8 Å². The molecule has 1 saturated carbocycles. The van der Waals surface area contributed by atoms with Crippen LogP contribution in [0.15, 0.2) is 29.3 Å². The maximum atomic E-state index is 12.4. The molecule has 2 N–H and O–H groups in total. The zero-order valence-corrected chi connectivity index (χ0v) is 17.1. The Hall–Kier alpha value is -1.84. The second-order valence-corrected chi connectivity index (χ2v) is 10.1. The summed E-state index contributed by atoms with van der Waals surface area (Å²) in [5.74, 6) is 0.996. The number of thiazole rings is 1. The molecule has 1 aromatic heterocycles. The molecule has 10 heteroatoms. The van der Waals surface area contributed by atoms with Crippen LogP contribution in [0.1, 0.15) is 26.2 Å². The maximum absolute atomic E-state index is 12.4. The van der Waals surface area contributed by atoms with E-state index in [9.17, 15) is 13.2 Å². The molecule has 0 spiro atoms. The second kappa shape index (κ2) is 8.45. The molecule has 0 bridgehead atoms. The highest BCUT2D eigenvalue weighted by molar-refractivity contribution is 7.91. The highest BCUT2D eigenvalue weighted by Gasteiger charge is 2.23. The fraction of sp³-hybridized carbons (Fsp3) is 0.412. The smallest absolute Gasteiger partial charge is 0.325 e. The average Bonchev–Trinajstić information content (AvgIpc) is 3.35. The Morgan fingerprint density at radius 1 is 1.37 bits per heavy atom. The van der Waals surface area contributed by atoms with Crippen molar-refractivity contribution in [2.24, 2.45) is 5.92 Å². The van der Waals surface area contributed by atoms with Gasteiger partial charge in [0.2, 0.25) is 0 Å². The minimum Gasteiger partial charge on any atom is -0.491 e. The summed E-state index contributed by atoms with van der Waals surface area (Å²) in [7, 11) is -3.41. The van der Waals surface area contributed by atoms with Crippen LogP contribution in [0.5, 0.6) is 5.75 Å². The molecule has 2 amide bonds. The molecule has 2 aromatic rings. The molecule has 0 unspecified atom stereocenters. The number of sulfone groups is 1. The predicted molar refractivity (Wildman–Crippen MR) is 107 cm³/mol. The summed E-state index contributed by atoms with van der Waals surface area (Å²) < 4.78 is 30.9. The van der Waals surface area contributed by atoms with Crippen LogP contribution in [0.2, 0.25) is 4.34 Å². The molecule has 1 aliphatic carbocycles. The van der Waals surface area contributed by atoms with E-state index in [4.69, 9.17) is 16.3 Å². The van der Waals surface area contributed by atoms with E-state index in [2.05, 4.69) is 15.6 Å². The molecule has 1 aromatic carbocycles. The molecule has 1 fully saturated rings. The van der Waals surface area contributed by atoms with Crippen molar-refractivity contribution >= 4 is 49.6 Å². The van der Waals surface area contributed by atoms with Crippen molar-refractivity contribution in [3.05, 3.63) is 28.7 Å². The number of amides is 2. The van der Waals surface area contributed by atoms with Crippen LogP contribution in [0.4, 0.5) is 15.6 Å². The number of urea groups is 1. The topological polar surface area (TPSA) is 97.4 Å². The zero-order chi connectivity index (χ0) is 19.4. The summed E-state index contributed by atoms with van der Waals surface area (Å²) in [5, 5.41) is 5.56. The van der Waals surface area contributed by atoms with Crippen LogP contribution in [0, 0.1) is 5.92 Å². The Balaban J connectivity index is 1.80. The molecule has 3 rings (SSSR count). The Kier molecular flexibility index (Phi) is 6.23. The lowest BCUT2D eigenvalue weighted by Gasteiger charge is -2.14. The van der Waals surface area contributed by atoms with E-state index in [-0.39, 0.29) is 10.6 Å². The normalized spacial score (nSPS) is 14.0. The number of carbonyl (C=O) groups is 1. The van der Waals surface area contributed by atoms with E-state index < -0.39 is 15.9 Å². The van der Waals surface area contributed by atoms with Gasteiger partial charge in [-0.05, 0) is 43.4 Å². The Morgan fingerprint density at radius 2 is 2.15 bits per heavy atom. The van der Waals surface area contributed by atoms with Gasteiger partial charge in [0, 0.05) is 0 Å². The van der Waals surface area contributed by atoms with E-state index in [1.165, 1.54) is 18.3 Å². The van der Waals surface area contributed by atoms with Gasteiger partial charge in [0.05, 0.1) is 29.1 Å². The highest BCUT2D eigenvalue weighted by atomic mass is 35.5. The van der Waals surface area contributed by atoms with Crippen LogP contribution in [0.25, 0.3) is 0 Å². The summed E-state index contributed by atoms with van der Waals surface area (Å²) in [6, 6.07) is 3.97. The number of hydrogen-bond donors (Lipinski definition) is 2. The standard InChI is InChI=1S/C17H20ClN3O4S2/c1-2-7-27(23,24)12-5-6-14(25-10-11-3-4-11)13(8-12)20-16(22)21-17-19-9-15(18)26-17/h5-6,8-9,11H,2-4,7,10H2,1H3,(H2,19,20,21,22). The number of nitrogens with one attached hydrogen (secondary N) is 2. The molecule has 0 radical (unpaired) electrons. The quantitative estimate of drug-likeness (QED) is 0.647. The summed E-state index contributed by atoms with van der Waals surface area (Å²) in [5.41, 5.74) is 0.299. The third kappa shape index (κ3) is 5.57. The van der Waals surface area contributed by atoms with Crippen molar-refractivity contribution in [3.63, 3.8) is 0 Å². The van der Waals surface area contributed by atoms with Crippen molar-refractivity contribution < 1.29 is 17.9 Å². The number of halogens is 1. The zero-order valence-electron chi connectivity index (χ0n) is 14.7. The summed E-state index contributed by atoms with van der Waals surface area (Å²) in [6.07, 6.45) is 4.19. The van der Waals surface area contributed by atoms with Gasteiger partial charge < -0.3 is 10.1 Å². The van der Waals surface area contributed by atoms with Gasteiger partial charge >= 0.3 is 6.03 Å². The molecule has 1 aliphatic rings. The number of rotatable bonds is 8. The van der Waals surface area contributed by atoms with Gasteiger partial charge in [0.25, 0.3) is 0 Å². The largest absolute Gasteiger partial charge is 0.491 e. The first kappa shape index (κ1) is 19.9. The molecule has 1 heterocycles. The summed E-state index contributed by atoms with van der Waals surface area (Å²) in [6.45, 7) is 2.34. The fourth-order valence-corrected chi connectivity index (χ4v) is 4.52. The van der Waals surface area contributed by atoms with E-state index in [0.29, 0.717) is 39.9 Å².